The first-order valence-electron chi connectivity index (χ1n) is 6.70. The van der Waals surface area contributed by atoms with E-state index in [1.54, 1.807) is 12.1 Å². The van der Waals surface area contributed by atoms with Crippen molar-refractivity contribution >= 4 is 34.8 Å². The zero-order valence-electron chi connectivity index (χ0n) is 11.6. The van der Waals surface area contributed by atoms with Crippen LogP contribution >= 0.6 is 23.2 Å². The minimum atomic E-state index is -4.45. The average Bonchev–Trinajstić information content (AvgIpc) is 2.76. The number of hydrogen-bond donors (Lipinski definition) is 0. The van der Waals surface area contributed by atoms with Crippen molar-refractivity contribution in [2.24, 2.45) is 0 Å². The highest BCUT2D eigenvalue weighted by atomic mass is 35.5. The van der Waals surface area contributed by atoms with Gasteiger partial charge < -0.3 is 4.90 Å². The Kier molecular flexibility index (Phi) is 4.02. The molecule has 2 aromatic carbocycles. The summed E-state index contributed by atoms with van der Waals surface area (Å²) < 4.78 is 38.6. The molecule has 1 heterocycles. The summed E-state index contributed by atoms with van der Waals surface area (Å²) in [6, 6.07) is 8.15. The molecule has 0 N–H and O–H groups in total. The van der Waals surface area contributed by atoms with Gasteiger partial charge in [0.2, 0.25) is 5.91 Å². The molecule has 120 valence electrons. The standard InChI is InChI=1S/C16H10Cl2F3NO/c17-12-4-2-10(13(18)7-12)8-22-14-6-11(16(19,20)21)3-1-9(14)5-15(22)23/h1-4,6-7H,5,8H2. The summed E-state index contributed by atoms with van der Waals surface area (Å²) >= 11 is 11.9. The Hall–Kier alpha value is -1.72. The first kappa shape index (κ1) is 16.1. The molecule has 0 aromatic heterocycles. The number of anilines is 1. The predicted octanol–water partition coefficient (Wildman–Crippen LogP) is 5.10. The number of alkyl halides is 3. The van der Waals surface area contributed by atoms with Crippen molar-refractivity contribution in [3.63, 3.8) is 0 Å². The van der Waals surface area contributed by atoms with Gasteiger partial charge in [-0.25, -0.2) is 0 Å². The fourth-order valence-corrected chi connectivity index (χ4v) is 3.00. The van der Waals surface area contributed by atoms with E-state index in [9.17, 15) is 18.0 Å². The molecule has 7 heteroatoms. The van der Waals surface area contributed by atoms with Gasteiger partial charge in [0, 0.05) is 15.7 Å². The molecule has 0 radical (unpaired) electrons. The summed E-state index contributed by atoms with van der Waals surface area (Å²) in [5.74, 6) is -0.259. The third-order valence-electron chi connectivity index (χ3n) is 3.69. The average molecular weight is 360 g/mol. The van der Waals surface area contributed by atoms with Crippen LogP contribution in [0.15, 0.2) is 36.4 Å². The Morgan fingerprint density at radius 3 is 2.48 bits per heavy atom. The molecule has 1 aliphatic rings. The van der Waals surface area contributed by atoms with Crippen molar-refractivity contribution in [1.82, 2.24) is 0 Å². The Labute approximate surface area is 140 Å². The molecule has 0 bridgehead atoms. The number of amides is 1. The number of carbonyl (C=O) groups is 1. The summed E-state index contributed by atoms with van der Waals surface area (Å²) in [5, 5.41) is 0.817. The number of benzene rings is 2. The monoisotopic (exact) mass is 359 g/mol. The second kappa shape index (κ2) is 5.73. The first-order valence-corrected chi connectivity index (χ1v) is 7.46. The summed E-state index contributed by atoms with van der Waals surface area (Å²) in [4.78, 5) is 13.5. The number of rotatable bonds is 2. The number of nitrogens with zero attached hydrogens (tertiary/aromatic N) is 1. The molecule has 1 aliphatic heterocycles. The van der Waals surface area contributed by atoms with Crippen LogP contribution in [0.5, 0.6) is 0 Å². The number of carbonyl (C=O) groups excluding carboxylic acids is 1. The van der Waals surface area contributed by atoms with E-state index in [0.717, 1.165) is 12.1 Å². The van der Waals surface area contributed by atoms with Crippen molar-refractivity contribution in [1.29, 1.82) is 0 Å². The van der Waals surface area contributed by atoms with Gasteiger partial charge in [-0.1, -0.05) is 35.3 Å². The van der Waals surface area contributed by atoms with Crippen LogP contribution in [0.3, 0.4) is 0 Å². The second-order valence-electron chi connectivity index (χ2n) is 5.23. The molecule has 2 nitrogen and oxygen atoms in total. The number of fused-ring (bicyclic) bond motifs is 1. The lowest BCUT2D eigenvalue weighted by molar-refractivity contribution is -0.137. The number of hydrogen-bond acceptors (Lipinski definition) is 1. The third-order valence-corrected chi connectivity index (χ3v) is 4.28. The highest BCUT2D eigenvalue weighted by Crippen LogP contribution is 2.37. The normalized spacial score (nSPS) is 14.3. The number of halogens is 5. The van der Waals surface area contributed by atoms with E-state index in [4.69, 9.17) is 23.2 Å². The molecule has 0 spiro atoms. The maximum absolute atomic E-state index is 12.9. The highest BCUT2D eigenvalue weighted by molar-refractivity contribution is 6.35. The fourth-order valence-electron chi connectivity index (χ4n) is 2.53. The van der Waals surface area contributed by atoms with Crippen LogP contribution in [0, 0.1) is 0 Å². The van der Waals surface area contributed by atoms with E-state index in [1.165, 1.54) is 17.0 Å². The molecule has 23 heavy (non-hydrogen) atoms. The van der Waals surface area contributed by atoms with Gasteiger partial charge in [0.05, 0.1) is 18.5 Å². The van der Waals surface area contributed by atoms with Crippen molar-refractivity contribution in [3.8, 4) is 0 Å². The van der Waals surface area contributed by atoms with E-state index in [-0.39, 0.29) is 24.6 Å². The van der Waals surface area contributed by atoms with Gasteiger partial charge in [0.25, 0.3) is 0 Å². The largest absolute Gasteiger partial charge is 0.416 e. The van der Waals surface area contributed by atoms with Gasteiger partial charge in [-0.05, 0) is 35.4 Å². The van der Waals surface area contributed by atoms with Gasteiger partial charge in [0.1, 0.15) is 0 Å². The predicted molar refractivity (Wildman–Crippen MR) is 82.8 cm³/mol. The van der Waals surface area contributed by atoms with Crippen LogP contribution in [0.1, 0.15) is 16.7 Å². The molecular formula is C16H10Cl2F3NO. The van der Waals surface area contributed by atoms with Crippen molar-refractivity contribution < 1.29 is 18.0 Å². The Morgan fingerprint density at radius 2 is 1.83 bits per heavy atom. The Balaban J connectivity index is 1.97. The molecule has 0 saturated carbocycles. The summed E-state index contributed by atoms with van der Waals surface area (Å²) in [7, 11) is 0. The minimum Gasteiger partial charge on any atom is -0.307 e. The Morgan fingerprint density at radius 1 is 1.09 bits per heavy atom. The van der Waals surface area contributed by atoms with Crippen LogP contribution < -0.4 is 4.90 Å². The van der Waals surface area contributed by atoms with Crippen molar-refractivity contribution in [2.75, 3.05) is 4.90 Å². The van der Waals surface area contributed by atoms with Crippen LogP contribution in [0.2, 0.25) is 10.0 Å². The highest BCUT2D eigenvalue weighted by Gasteiger charge is 2.34. The molecule has 2 aromatic rings. The fraction of sp³-hybridized carbons (Fsp3) is 0.188. The minimum absolute atomic E-state index is 0.0820. The molecule has 0 unspecified atom stereocenters. The van der Waals surface area contributed by atoms with E-state index >= 15 is 0 Å². The molecule has 0 atom stereocenters. The zero-order valence-corrected chi connectivity index (χ0v) is 13.1. The molecule has 0 aliphatic carbocycles. The third kappa shape index (κ3) is 3.16. The van der Waals surface area contributed by atoms with Crippen LogP contribution in [0.4, 0.5) is 18.9 Å². The lowest BCUT2D eigenvalue weighted by Gasteiger charge is -2.19. The van der Waals surface area contributed by atoms with Crippen molar-refractivity contribution in [2.45, 2.75) is 19.1 Å². The van der Waals surface area contributed by atoms with Gasteiger partial charge in [0.15, 0.2) is 0 Å². The molecule has 1 amide bonds. The SMILES string of the molecule is O=C1Cc2ccc(C(F)(F)F)cc2N1Cc1ccc(Cl)cc1Cl. The topological polar surface area (TPSA) is 20.3 Å². The molecule has 3 rings (SSSR count). The second-order valence-corrected chi connectivity index (χ2v) is 6.08. The summed E-state index contributed by atoms with van der Waals surface area (Å²) in [6.07, 6.45) is -4.37. The van der Waals surface area contributed by atoms with Crippen molar-refractivity contribution in [3.05, 3.63) is 63.1 Å². The van der Waals surface area contributed by atoms with Gasteiger partial charge in [-0.15, -0.1) is 0 Å². The molecule has 0 fully saturated rings. The summed E-state index contributed by atoms with van der Waals surface area (Å²) in [5.41, 5.74) is 0.691. The zero-order chi connectivity index (χ0) is 16.8. The van der Waals surface area contributed by atoms with E-state index in [0.29, 0.717) is 21.2 Å². The first-order chi connectivity index (χ1) is 10.8. The smallest absolute Gasteiger partial charge is 0.307 e. The quantitative estimate of drug-likeness (QED) is 0.730. The van der Waals surface area contributed by atoms with Gasteiger partial charge >= 0.3 is 6.18 Å². The lowest BCUT2D eigenvalue weighted by Crippen LogP contribution is -2.26. The van der Waals surface area contributed by atoms with Crippen LogP contribution in [-0.4, -0.2) is 5.91 Å². The van der Waals surface area contributed by atoms with E-state index in [2.05, 4.69) is 0 Å². The summed E-state index contributed by atoms with van der Waals surface area (Å²) in [6.45, 7) is 0.100. The maximum Gasteiger partial charge on any atom is 0.416 e. The van der Waals surface area contributed by atoms with Gasteiger partial charge in [-0.2, -0.15) is 13.2 Å². The van der Waals surface area contributed by atoms with Crippen LogP contribution in [-0.2, 0) is 23.9 Å². The molecule has 0 saturated heterocycles. The van der Waals surface area contributed by atoms with Crippen LogP contribution in [0.25, 0.3) is 0 Å². The van der Waals surface area contributed by atoms with Gasteiger partial charge in [-0.3, -0.25) is 4.79 Å². The maximum atomic E-state index is 12.9. The molecular weight excluding hydrogens is 350 g/mol. The van der Waals surface area contributed by atoms with E-state index < -0.39 is 11.7 Å². The van der Waals surface area contributed by atoms with E-state index in [1.807, 2.05) is 0 Å². The lowest BCUT2D eigenvalue weighted by atomic mass is 10.1. The Bertz CT molecular complexity index is 789.